The van der Waals surface area contributed by atoms with Crippen molar-refractivity contribution >= 4 is 35.0 Å². The van der Waals surface area contributed by atoms with E-state index in [-0.39, 0.29) is 18.3 Å². The third kappa shape index (κ3) is 6.76. The number of amides is 1. The van der Waals surface area contributed by atoms with Gasteiger partial charge in [-0.25, -0.2) is 0 Å². The highest BCUT2D eigenvalue weighted by Crippen LogP contribution is 2.29. The monoisotopic (exact) mass is 486 g/mol. The molecular formula is C24H27ClN4O3S. The SMILES string of the molecule is C=CCn1c(COc2ccc(C)cc2OCC)nnc1SCC(=O)Nc1ccc(Cl)cc1C. The zero-order valence-corrected chi connectivity index (χ0v) is 20.5. The van der Waals surface area contributed by atoms with Crippen molar-refractivity contribution in [3.05, 3.63) is 71.0 Å². The van der Waals surface area contributed by atoms with Crippen molar-refractivity contribution in [2.45, 2.75) is 39.1 Å². The van der Waals surface area contributed by atoms with Crippen LogP contribution in [0.25, 0.3) is 0 Å². The number of benzene rings is 2. The van der Waals surface area contributed by atoms with Crippen LogP contribution in [0.5, 0.6) is 11.5 Å². The van der Waals surface area contributed by atoms with Crippen molar-refractivity contribution in [1.82, 2.24) is 14.8 Å². The van der Waals surface area contributed by atoms with E-state index in [1.807, 2.05) is 49.6 Å². The Bertz CT molecular complexity index is 1130. The van der Waals surface area contributed by atoms with Gasteiger partial charge in [0.15, 0.2) is 22.5 Å². The number of carbonyl (C=O) groups excluding carboxylic acids is 1. The number of aromatic nitrogens is 3. The minimum absolute atomic E-state index is 0.141. The van der Waals surface area contributed by atoms with Crippen LogP contribution in [0.3, 0.4) is 0 Å². The summed E-state index contributed by atoms with van der Waals surface area (Å²) in [6.45, 7) is 10.9. The molecule has 0 radical (unpaired) electrons. The van der Waals surface area contributed by atoms with Crippen molar-refractivity contribution in [3.8, 4) is 11.5 Å². The summed E-state index contributed by atoms with van der Waals surface area (Å²) in [6, 6.07) is 11.1. The smallest absolute Gasteiger partial charge is 0.234 e. The predicted octanol–water partition coefficient (Wildman–Crippen LogP) is 5.44. The van der Waals surface area contributed by atoms with Gasteiger partial charge in [-0.3, -0.25) is 9.36 Å². The van der Waals surface area contributed by atoms with Crippen molar-refractivity contribution in [1.29, 1.82) is 0 Å². The molecule has 2 aromatic carbocycles. The molecule has 0 unspecified atom stereocenters. The van der Waals surface area contributed by atoms with Crippen LogP contribution in [0, 0.1) is 13.8 Å². The summed E-state index contributed by atoms with van der Waals surface area (Å²) in [6.07, 6.45) is 1.76. The third-order valence-electron chi connectivity index (χ3n) is 4.66. The molecule has 174 valence electrons. The Hall–Kier alpha value is -2.97. The molecular weight excluding hydrogens is 460 g/mol. The minimum atomic E-state index is -0.141. The first-order chi connectivity index (χ1) is 15.9. The van der Waals surface area contributed by atoms with E-state index >= 15 is 0 Å². The first-order valence-electron chi connectivity index (χ1n) is 10.5. The quantitative estimate of drug-likeness (QED) is 0.287. The summed E-state index contributed by atoms with van der Waals surface area (Å²) >= 11 is 7.28. The fraction of sp³-hybridized carbons (Fsp3) is 0.292. The van der Waals surface area contributed by atoms with E-state index < -0.39 is 0 Å². The molecule has 1 aromatic heterocycles. The van der Waals surface area contributed by atoms with E-state index in [0.717, 1.165) is 16.8 Å². The lowest BCUT2D eigenvalue weighted by atomic mass is 10.2. The summed E-state index contributed by atoms with van der Waals surface area (Å²) in [7, 11) is 0. The second-order valence-electron chi connectivity index (χ2n) is 7.27. The molecule has 0 aliphatic heterocycles. The van der Waals surface area contributed by atoms with Gasteiger partial charge in [0, 0.05) is 17.3 Å². The molecule has 0 aliphatic rings. The van der Waals surface area contributed by atoms with Crippen molar-refractivity contribution < 1.29 is 14.3 Å². The Morgan fingerprint density at radius 1 is 1.18 bits per heavy atom. The number of aryl methyl sites for hydroxylation is 2. The molecule has 0 fully saturated rings. The summed E-state index contributed by atoms with van der Waals surface area (Å²) < 4.78 is 13.5. The van der Waals surface area contributed by atoms with Gasteiger partial charge in [-0.05, 0) is 62.2 Å². The molecule has 1 heterocycles. The number of anilines is 1. The number of allylic oxidation sites excluding steroid dienone is 1. The number of thioether (sulfide) groups is 1. The average Bonchev–Trinajstić information content (AvgIpc) is 3.16. The van der Waals surface area contributed by atoms with Crippen LogP contribution in [0.1, 0.15) is 23.9 Å². The fourth-order valence-corrected chi connectivity index (χ4v) is 4.07. The third-order valence-corrected chi connectivity index (χ3v) is 5.86. The van der Waals surface area contributed by atoms with Gasteiger partial charge in [-0.2, -0.15) is 0 Å². The Morgan fingerprint density at radius 2 is 2.00 bits per heavy atom. The Morgan fingerprint density at radius 3 is 2.73 bits per heavy atom. The Labute approximate surface area is 203 Å². The van der Waals surface area contributed by atoms with E-state index in [0.29, 0.717) is 40.7 Å². The number of hydrogen-bond donors (Lipinski definition) is 1. The largest absolute Gasteiger partial charge is 0.490 e. The van der Waals surface area contributed by atoms with Crippen LogP contribution < -0.4 is 14.8 Å². The van der Waals surface area contributed by atoms with Crippen LogP contribution in [0.4, 0.5) is 5.69 Å². The van der Waals surface area contributed by atoms with E-state index in [9.17, 15) is 4.79 Å². The molecule has 0 aliphatic carbocycles. The number of ether oxygens (including phenoxy) is 2. The summed E-state index contributed by atoms with van der Waals surface area (Å²) in [4.78, 5) is 12.5. The van der Waals surface area contributed by atoms with E-state index in [4.69, 9.17) is 21.1 Å². The molecule has 3 rings (SSSR count). The lowest BCUT2D eigenvalue weighted by molar-refractivity contribution is -0.113. The summed E-state index contributed by atoms with van der Waals surface area (Å²) in [5.74, 6) is 2.01. The van der Waals surface area contributed by atoms with Crippen LogP contribution >= 0.6 is 23.4 Å². The van der Waals surface area contributed by atoms with Crippen LogP contribution in [-0.4, -0.2) is 33.0 Å². The Balaban J connectivity index is 1.65. The van der Waals surface area contributed by atoms with E-state index in [1.54, 1.807) is 18.2 Å². The summed E-state index contributed by atoms with van der Waals surface area (Å²) in [5.41, 5.74) is 2.72. The van der Waals surface area contributed by atoms with Crippen LogP contribution in [-0.2, 0) is 17.9 Å². The van der Waals surface area contributed by atoms with Crippen molar-refractivity contribution in [3.63, 3.8) is 0 Å². The van der Waals surface area contributed by atoms with Crippen molar-refractivity contribution in [2.24, 2.45) is 0 Å². The predicted molar refractivity (Wildman–Crippen MR) is 132 cm³/mol. The highest BCUT2D eigenvalue weighted by molar-refractivity contribution is 7.99. The molecule has 0 atom stereocenters. The molecule has 1 amide bonds. The first-order valence-corrected chi connectivity index (χ1v) is 11.9. The minimum Gasteiger partial charge on any atom is -0.490 e. The second kappa shape index (κ2) is 11.8. The zero-order valence-electron chi connectivity index (χ0n) is 18.9. The van der Waals surface area contributed by atoms with Crippen LogP contribution in [0.15, 0.2) is 54.2 Å². The molecule has 1 N–H and O–H groups in total. The van der Waals surface area contributed by atoms with Gasteiger partial charge >= 0.3 is 0 Å². The van der Waals surface area contributed by atoms with Gasteiger partial charge < -0.3 is 14.8 Å². The number of rotatable bonds is 11. The maximum atomic E-state index is 12.5. The number of nitrogens with one attached hydrogen (secondary N) is 1. The maximum Gasteiger partial charge on any atom is 0.234 e. The highest BCUT2D eigenvalue weighted by Gasteiger charge is 2.15. The van der Waals surface area contributed by atoms with Gasteiger partial charge in [-0.1, -0.05) is 35.5 Å². The first kappa shape index (κ1) is 24.7. The Kier molecular flexibility index (Phi) is 8.79. The molecule has 0 bridgehead atoms. The maximum absolute atomic E-state index is 12.5. The molecule has 0 saturated heterocycles. The molecule has 33 heavy (non-hydrogen) atoms. The van der Waals surface area contributed by atoms with Gasteiger partial charge in [-0.15, -0.1) is 16.8 Å². The molecule has 9 heteroatoms. The highest BCUT2D eigenvalue weighted by atomic mass is 35.5. The molecule has 0 saturated carbocycles. The van der Waals surface area contributed by atoms with Crippen molar-refractivity contribution in [2.75, 3.05) is 17.7 Å². The summed E-state index contributed by atoms with van der Waals surface area (Å²) in [5, 5.41) is 12.7. The van der Waals surface area contributed by atoms with E-state index in [1.165, 1.54) is 11.8 Å². The average molecular weight is 487 g/mol. The van der Waals surface area contributed by atoms with E-state index in [2.05, 4.69) is 22.1 Å². The lowest BCUT2D eigenvalue weighted by Crippen LogP contribution is -2.15. The van der Waals surface area contributed by atoms with Gasteiger partial charge in [0.2, 0.25) is 5.91 Å². The fourth-order valence-electron chi connectivity index (χ4n) is 3.07. The number of nitrogens with zero attached hydrogens (tertiary/aromatic N) is 3. The molecule has 0 spiro atoms. The standard InChI is InChI=1S/C24H27ClN4O3S/c1-5-11-29-22(14-32-20-10-7-16(3)12-21(20)31-6-2)27-28-24(29)33-15-23(30)26-19-9-8-18(25)13-17(19)4/h5,7-10,12-13H,1,6,11,14-15H2,2-4H3,(H,26,30). The van der Waals surface area contributed by atoms with Gasteiger partial charge in [0.1, 0.15) is 6.61 Å². The molecule has 7 nitrogen and oxygen atoms in total. The van der Waals surface area contributed by atoms with Gasteiger partial charge in [0.05, 0.1) is 12.4 Å². The van der Waals surface area contributed by atoms with Crippen LogP contribution in [0.2, 0.25) is 5.02 Å². The number of carbonyl (C=O) groups is 1. The topological polar surface area (TPSA) is 78.3 Å². The number of halogens is 1. The molecule has 3 aromatic rings. The van der Waals surface area contributed by atoms with Gasteiger partial charge in [0.25, 0.3) is 0 Å². The normalized spacial score (nSPS) is 10.7. The second-order valence-corrected chi connectivity index (χ2v) is 8.64. The lowest BCUT2D eigenvalue weighted by Gasteiger charge is -2.13. The zero-order chi connectivity index (χ0) is 23.8. The number of hydrogen-bond acceptors (Lipinski definition) is 6.